The number of rotatable bonds is 5. The Bertz CT molecular complexity index is 1090. The van der Waals surface area contributed by atoms with Crippen molar-refractivity contribution >= 4 is 44.2 Å². The van der Waals surface area contributed by atoms with Gasteiger partial charge in [-0.15, -0.1) is 11.3 Å². The molecule has 0 aliphatic rings. The predicted molar refractivity (Wildman–Crippen MR) is 114 cm³/mol. The number of benzene rings is 2. The monoisotopic (exact) mass is 396 g/mol. The Morgan fingerprint density at radius 1 is 1.25 bits per heavy atom. The molecule has 28 heavy (non-hydrogen) atoms. The molecule has 3 rings (SSSR count). The van der Waals surface area contributed by atoms with Crippen LogP contribution in [0.5, 0.6) is 0 Å². The third kappa shape index (κ3) is 3.64. The van der Waals surface area contributed by atoms with Crippen molar-refractivity contribution in [3.05, 3.63) is 41.7 Å². The van der Waals surface area contributed by atoms with Crippen LogP contribution in [0.4, 0.5) is 20.8 Å². The number of halogens is 1. The summed E-state index contributed by atoms with van der Waals surface area (Å²) < 4.78 is 15.9. The molecule has 0 spiro atoms. The van der Waals surface area contributed by atoms with E-state index in [-0.39, 0.29) is 22.4 Å². The average Bonchev–Trinajstić information content (AvgIpc) is 3.01. The lowest BCUT2D eigenvalue weighted by atomic mass is 9.96. The minimum Gasteiger partial charge on any atom is -0.395 e. The lowest BCUT2D eigenvalue weighted by Crippen LogP contribution is -2.18. The number of anilines is 3. The Labute approximate surface area is 167 Å². The minimum absolute atomic E-state index is 0.0493. The molecule has 0 saturated carbocycles. The fraction of sp³-hybridized carbons (Fsp3) is 0.238. The van der Waals surface area contributed by atoms with Gasteiger partial charge in [0.05, 0.1) is 16.9 Å². The van der Waals surface area contributed by atoms with E-state index in [1.165, 1.54) is 11.3 Å². The number of nitrogen functional groups attached to an aromatic ring is 1. The molecule has 0 bridgehead atoms. The molecular formula is C21H21FN4OS. The summed E-state index contributed by atoms with van der Waals surface area (Å²) in [5.74, 6) is -0.626. The molecule has 0 atom stereocenters. The highest BCUT2D eigenvalue weighted by atomic mass is 32.1. The molecule has 4 N–H and O–H groups in total. The lowest BCUT2D eigenvalue weighted by Gasteiger charge is -2.18. The summed E-state index contributed by atoms with van der Waals surface area (Å²) in [5, 5.41) is 17.0. The van der Waals surface area contributed by atoms with Crippen molar-refractivity contribution in [3.8, 4) is 17.2 Å². The number of hydrogen-bond acceptors (Lipinski definition) is 5. The van der Waals surface area contributed by atoms with Gasteiger partial charge in [0.1, 0.15) is 11.1 Å². The van der Waals surface area contributed by atoms with Crippen LogP contribution in [0.1, 0.15) is 26.3 Å². The standard InChI is InChI=1S/C21H21FN4OS/c1-21(2,3)10-25-20-14(9-23)17-12(5-4-6-16(17)28-20)13-7-8-15(26-11-27)19(24)18(13)22/h4-8,11,25H,10,24H2,1-3H3,(H,26,27). The highest BCUT2D eigenvalue weighted by Crippen LogP contribution is 2.43. The zero-order valence-corrected chi connectivity index (χ0v) is 16.7. The maximum Gasteiger partial charge on any atom is 0.211 e. The molecule has 2 aromatic carbocycles. The van der Waals surface area contributed by atoms with E-state index < -0.39 is 5.82 Å². The number of nitrogens with zero attached hydrogens (tertiary/aromatic N) is 1. The first-order valence-corrected chi connectivity index (χ1v) is 9.56. The first-order chi connectivity index (χ1) is 13.3. The van der Waals surface area contributed by atoms with Gasteiger partial charge in [0.2, 0.25) is 6.41 Å². The first-order valence-electron chi connectivity index (χ1n) is 8.75. The van der Waals surface area contributed by atoms with Gasteiger partial charge in [-0.25, -0.2) is 4.39 Å². The average molecular weight is 396 g/mol. The Kier molecular flexibility index (Phi) is 5.25. The molecule has 3 aromatic rings. The number of carbonyl (C=O) groups is 1. The summed E-state index contributed by atoms with van der Waals surface area (Å²) in [7, 11) is 0. The van der Waals surface area contributed by atoms with Crippen molar-refractivity contribution in [2.45, 2.75) is 20.8 Å². The van der Waals surface area contributed by atoms with Gasteiger partial charge < -0.3 is 16.4 Å². The normalized spacial score (nSPS) is 11.2. The maximum atomic E-state index is 15.0. The van der Waals surface area contributed by atoms with Gasteiger partial charge in [-0.3, -0.25) is 4.79 Å². The van der Waals surface area contributed by atoms with Gasteiger partial charge in [-0.05, 0) is 29.2 Å². The van der Waals surface area contributed by atoms with Gasteiger partial charge in [0.25, 0.3) is 0 Å². The Morgan fingerprint density at radius 3 is 2.64 bits per heavy atom. The smallest absolute Gasteiger partial charge is 0.211 e. The summed E-state index contributed by atoms with van der Waals surface area (Å²) in [6.45, 7) is 7.03. The predicted octanol–water partition coefficient (Wildman–Crippen LogP) is 5.19. The molecule has 0 fully saturated rings. The van der Waals surface area contributed by atoms with Crippen molar-refractivity contribution in [1.82, 2.24) is 0 Å². The molecular weight excluding hydrogens is 375 g/mol. The van der Waals surface area contributed by atoms with E-state index in [1.54, 1.807) is 18.2 Å². The molecule has 5 nitrogen and oxygen atoms in total. The van der Waals surface area contributed by atoms with E-state index in [0.29, 0.717) is 29.5 Å². The zero-order chi connectivity index (χ0) is 20.5. The molecule has 1 heterocycles. The number of amides is 1. The van der Waals surface area contributed by atoms with Crippen LogP contribution in [0.2, 0.25) is 0 Å². The fourth-order valence-electron chi connectivity index (χ4n) is 2.94. The quantitative estimate of drug-likeness (QED) is 0.409. The van der Waals surface area contributed by atoms with Crippen LogP contribution in [-0.4, -0.2) is 13.0 Å². The molecule has 144 valence electrons. The van der Waals surface area contributed by atoms with Gasteiger partial charge in [0.15, 0.2) is 5.82 Å². The summed E-state index contributed by atoms with van der Waals surface area (Å²) in [4.78, 5) is 10.7. The van der Waals surface area contributed by atoms with Crippen LogP contribution in [0.25, 0.3) is 21.2 Å². The van der Waals surface area contributed by atoms with Gasteiger partial charge in [-0.1, -0.05) is 32.9 Å². The van der Waals surface area contributed by atoms with Crippen LogP contribution in [-0.2, 0) is 4.79 Å². The van der Waals surface area contributed by atoms with Crippen LogP contribution in [0, 0.1) is 22.6 Å². The summed E-state index contributed by atoms with van der Waals surface area (Å²) in [6.07, 6.45) is 0.450. The van der Waals surface area contributed by atoms with Gasteiger partial charge >= 0.3 is 0 Å². The number of nitrogens with one attached hydrogen (secondary N) is 2. The highest BCUT2D eigenvalue weighted by Gasteiger charge is 2.20. The summed E-state index contributed by atoms with van der Waals surface area (Å²) in [5.41, 5.74) is 7.35. The Hall–Kier alpha value is -3.11. The second-order valence-electron chi connectivity index (χ2n) is 7.66. The van der Waals surface area contributed by atoms with E-state index in [0.717, 1.165) is 9.70 Å². The Balaban J connectivity index is 2.18. The second kappa shape index (κ2) is 7.49. The molecule has 0 saturated heterocycles. The van der Waals surface area contributed by atoms with Crippen LogP contribution in [0.3, 0.4) is 0 Å². The lowest BCUT2D eigenvalue weighted by molar-refractivity contribution is -0.105. The Morgan fingerprint density at radius 2 is 2.00 bits per heavy atom. The molecule has 0 unspecified atom stereocenters. The molecule has 0 radical (unpaired) electrons. The third-order valence-electron chi connectivity index (χ3n) is 4.29. The van der Waals surface area contributed by atoms with Crippen LogP contribution >= 0.6 is 11.3 Å². The molecule has 1 amide bonds. The van der Waals surface area contributed by atoms with E-state index >= 15 is 0 Å². The van der Waals surface area contributed by atoms with Crippen LogP contribution in [0.15, 0.2) is 30.3 Å². The van der Waals surface area contributed by atoms with Crippen LogP contribution < -0.4 is 16.4 Å². The number of hydrogen-bond donors (Lipinski definition) is 3. The number of nitrogens with two attached hydrogens (primary N) is 1. The van der Waals surface area contributed by atoms with Crippen molar-refractivity contribution in [2.24, 2.45) is 5.41 Å². The van der Waals surface area contributed by atoms with Crippen molar-refractivity contribution in [2.75, 3.05) is 22.9 Å². The van der Waals surface area contributed by atoms with Gasteiger partial charge in [-0.2, -0.15) is 5.26 Å². The topological polar surface area (TPSA) is 90.9 Å². The number of thiophene rings is 1. The maximum absolute atomic E-state index is 15.0. The highest BCUT2D eigenvalue weighted by molar-refractivity contribution is 7.23. The summed E-state index contributed by atoms with van der Waals surface area (Å²) >= 11 is 1.47. The molecule has 0 aliphatic carbocycles. The second-order valence-corrected chi connectivity index (χ2v) is 8.71. The molecule has 0 aliphatic heterocycles. The SMILES string of the molecule is CC(C)(C)CNc1sc2cccc(-c3ccc(NC=O)c(N)c3F)c2c1C#N. The largest absolute Gasteiger partial charge is 0.395 e. The van der Waals surface area contributed by atoms with E-state index in [9.17, 15) is 14.4 Å². The fourth-order valence-corrected chi connectivity index (χ4v) is 4.01. The first kappa shape index (κ1) is 19.6. The zero-order valence-electron chi connectivity index (χ0n) is 15.9. The van der Waals surface area contributed by atoms with E-state index in [2.05, 4.69) is 37.5 Å². The van der Waals surface area contributed by atoms with E-state index in [1.807, 2.05) is 12.1 Å². The van der Waals surface area contributed by atoms with Crippen molar-refractivity contribution in [3.63, 3.8) is 0 Å². The van der Waals surface area contributed by atoms with Gasteiger partial charge in [0, 0.05) is 22.2 Å². The number of nitriles is 1. The molecule has 7 heteroatoms. The number of fused-ring (bicyclic) bond motifs is 1. The third-order valence-corrected chi connectivity index (χ3v) is 5.40. The summed E-state index contributed by atoms with van der Waals surface area (Å²) in [6, 6.07) is 10.9. The van der Waals surface area contributed by atoms with Crippen molar-refractivity contribution < 1.29 is 9.18 Å². The molecule has 1 aromatic heterocycles. The van der Waals surface area contributed by atoms with E-state index in [4.69, 9.17) is 5.73 Å². The number of carbonyl (C=O) groups excluding carboxylic acids is 1. The minimum atomic E-state index is -0.626. The van der Waals surface area contributed by atoms with Crippen molar-refractivity contribution in [1.29, 1.82) is 5.26 Å².